The fourth-order valence-corrected chi connectivity index (χ4v) is 2.80. The molecular weight excluding hydrogens is 401 g/mol. The van der Waals surface area contributed by atoms with Crippen molar-refractivity contribution in [1.29, 1.82) is 0 Å². The lowest BCUT2D eigenvalue weighted by Crippen LogP contribution is -2.03. The van der Waals surface area contributed by atoms with E-state index in [1.165, 1.54) is 0 Å². The molecule has 8 nitrogen and oxygen atoms in total. The number of nitrogens with one attached hydrogen (secondary N) is 2. The summed E-state index contributed by atoms with van der Waals surface area (Å²) in [6.07, 6.45) is 1.56. The molecule has 0 aliphatic heterocycles. The molecule has 0 saturated heterocycles. The van der Waals surface area contributed by atoms with Crippen molar-refractivity contribution >= 4 is 58.0 Å². The minimum Gasteiger partial charge on any atom is -0.337 e. The fraction of sp³-hybridized carbons (Fsp3) is 0.0556. The molecule has 28 heavy (non-hydrogen) atoms. The minimum atomic E-state index is 0.261. The highest BCUT2D eigenvalue weighted by Gasteiger charge is 2.12. The second kappa shape index (κ2) is 7.79. The van der Waals surface area contributed by atoms with Crippen LogP contribution in [0.25, 0.3) is 11.3 Å². The van der Waals surface area contributed by atoms with E-state index in [-0.39, 0.29) is 11.3 Å². The zero-order valence-electron chi connectivity index (χ0n) is 14.5. The molecule has 0 spiro atoms. The maximum atomic E-state index is 6.15. The summed E-state index contributed by atoms with van der Waals surface area (Å²) >= 11 is 12.1. The monoisotopic (exact) mass is 413 g/mol. The van der Waals surface area contributed by atoms with Gasteiger partial charge >= 0.3 is 0 Å². The van der Waals surface area contributed by atoms with Gasteiger partial charge < -0.3 is 5.32 Å². The third-order valence-electron chi connectivity index (χ3n) is 3.77. The SMILES string of the molecule is Cc1ccc(Nc2nc3nonc3nc2N/N=C\c2ccc(Cl)cc2Cl)cc1. The predicted molar refractivity (Wildman–Crippen MR) is 110 cm³/mol. The molecule has 4 aromatic rings. The number of hydrogen-bond acceptors (Lipinski definition) is 8. The van der Waals surface area contributed by atoms with E-state index in [1.54, 1.807) is 24.4 Å². The Morgan fingerprint density at radius 2 is 1.68 bits per heavy atom. The molecule has 10 heteroatoms. The first kappa shape index (κ1) is 18.1. The number of fused-ring (bicyclic) bond motifs is 1. The van der Waals surface area contributed by atoms with Crippen LogP contribution in [-0.4, -0.2) is 26.5 Å². The van der Waals surface area contributed by atoms with Crippen molar-refractivity contribution in [3.8, 4) is 0 Å². The predicted octanol–water partition coefficient (Wildman–Crippen LogP) is 4.82. The van der Waals surface area contributed by atoms with Crippen molar-refractivity contribution in [3.05, 3.63) is 63.6 Å². The van der Waals surface area contributed by atoms with Gasteiger partial charge in [0, 0.05) is 16.3 Å². The van der Waals surface area contributed by atoms with Gasteiger partial charge in [-0.2, -0.15) is 10.1 Å². The second-order valence-corrected chi connectivity index (χ2v) is 6.70. The molecule has 0 aliphatic carbocycles. The van der Waals surface area contributed by atoms with Crippen LogP contribution in [0.2, 0.25) is 10.0 Å². The second-order valence-electron chi connectivity index (χ2n) is 5.86. The smallest absolute Gasteiger partial charge is 0.245 e. The summed E-state index contributed by atoms with van der Waals surface area (Å²) < 4.78 is 4.69. The Morgan fingerprint density at radius 1 is 0.964 bits per heavy atom. The normalized spacial score (nSPS) is 11.2. The van der Waals surface area contributed by atoms with Gasteiger partial charge in [-0.15, -0.1) is 0 Å². The van der Waals surface area contributed by atoms with Crippen LogP contribution in [-0.2, 0) is 0 Å². The van der Waals surface area contributed by atoms with E-state index in [9.17, 15) is 0 Å². The summed E-state index contributed by atoms with van der Waals surface area (Å²) in [5, 5.41) is 15.8. The summed E-state index contributed by atoms with van der Waals surface area (Å²) in [4.78, 5) is 8.73. The van der Waals surface area contributed by atoms with Gasteiger partial charge in [0.05, 0.1) is 11.2 Å². The number of aryl methyl sites for hydroxylation is 1. The average Bonchev–Trinajstić information content (AvgIpc) is 3.12. The van der Waals surface area contributed by atoms with Crippen molar-refractivity contribution in [3.63, 3.8) is 0 Å². The first-order valence-electron chi connectivity index (χ1n) is 8.16. The Bertz CT molecular complexity index is 1160. The van der Waals surface area contributed by atoms with Crippen molar-refractivity contribution < 1.29 is 4.63 Å². The first-order chi connectivity index (χ1) is 13.6. The third-order valence-corrected chi connectivity index (χ3v) is 4.33. The summed E-state index contributed by atoms with van der Waals surface area (Å²) in [5.74, 6) is 0.775. The zero-order chi connectivity index (χ0) is 19.5. The topological polar surface area (TPSA) is 101 Å². The van der Waals surface area contributed by atoms with Gasteiger partial charge in [0.2, 0.25) is 11.3 Å². The van der Waals surface area contributed by atoms with Crippen molar-refractivity contribution in [1.82, 2.24) is 20.3 Å². The zero-order valence-corrected chi connectivity index (χ0v) is 16.0. The van der Waals surface area contributed by atoms with E-state index in [4.69, 9.17) is 27.8 Å². The lowest BCUT2D eigenvalue weighted by molar-refractivity contribution is 0.314. The maximum absolute atomic E-state index is 6.15. The number of anilines is 3. The lowest BCUT2D eigenvalue weighted by Gasteiger charge is -2.09. The van der Waals surface area contributed by atoms with Gasteiger partial charge in [0.25, 0.3) is 0 Å². The number of nitrogens with zero attached hydrogens (tertiary/aromatic N) is 5. The van der Waals surface area contributed by atoms with E-state index in [0.717, 1.165) is 11.3 Å². The summed E-state index contributed by atoms with van der Waals surface area (Å²) in [6.45, 7) is 2.01. The van der Waals surface area contributed by atoms with Crippen molar-refractivity contribution in [2.75, 3.05) is 10.7 Å². The van der Waals surface area contributed by atoms with E-state index in [2.05, 4.69) is 36.1 Å². The van der Waals surface area contributed by atoms with E-state index >= 15 is 0 Å². The lowest BCUT2D eigenvalue weighted by atomic mass is 10.2. The molecule has 140 valence electrons. The quantitative estimate of drug-likeness (QED) is 0.357. The number of rotatable bonds is 5. The van der Waals surface area contributed by atoms with Crippen molar-refractivity contribution in [2.45, 2.75) is 6.92 Å². The largest absolute Gasteiger partial charge is 0.337 e. The number of benzene rings is 2. The molecule has 0 saturated carbocycles. The van der Waals surface area contributed by atoms with Crippen molar-refractivity contribution in [2.24, 2.45) is 5.10 Å². The van der Waals surface area contributed by atoms with E-state index < -0.39 is 0 Å². The molecule has 0 fully saturated rings. The van der Waals surface area contributed by atoms with E-state index in [0.29, 0.717) is 27.2 Å². The highest BCUT2D eigenvalue weighted by atomic mass is 35.5. The standard InChI is InChI=1S/C18H13Cl2N7O/c1-10-2-6-13(7-3-10)22-15-16(24-18-17(23-15)26-28-27-18)25-21-9-11-4-5-12(19)8-14(11)20/h2-9H,1H3,(H,22,23,26)(H,24,25,27)/b21-9-. The van der Waals surface area contributed by atoms with Gasteiger partial charge in [0.15, 0.2) is 11.6 Å². The molecule has 2 heterocycles. The molecule has 2 aromatic carbocycles. The molecule has 2 N–H and O–H groups in total. The Morgan fingerprint density at radius 3 is 2.39 bits per heavy atom. The number of hydrogen-bond donors (Lipinski definition) is 2. The van der Waals surface area contributed by atoms with Gasteiger partial charge in [-0.05, 0) is 41.5 Å². The Balaban J connectivity index is 1.62. The fourth-order valence-electron chi connectivity index (χ4n) is 2.35. The summed E-state index contributed by atoms with van der Waals surface area (Å²) in [7, 11) is 0. The number of hydrazone groups is 1. The van der Waals surface area contributed by atoms with E-state index in [1.807, 2.05) is 31.2 Å². The van der Waals surface area contributed by atoms with Crippen LogP contribution < -0.4 is 10.7 Å². The van der Waals surface area contributed by atoms with Gasteiger partial charge in [-0.25, -0.2) is 9.61 Å². The molecule has 0 bridgehead atoms. The first-order valence-corrected chi connectivity index (χ1v) is 8.92. The van der Waals surface area contributed by atoms with Crippen LogP contribution in [0.5, 0.6) is 0 Å². The Kier molecular flexibility index (Phi) is 5.05. The summed E-state index contributed by atoms with van der Waals surface area (Å²) in [5.41, 5.74) is 6.08. The molecule has 0 atom stereocenters. The van der Waals surface area contributed by atoms with Crippen LogP contribution in [0.1, 0.15) is 11.1 Å². The number of halogens is 2. The molecule has 0 radical (unpaired) electrons. The highest BCUT2D eigenvalue weighted by molar-refractivity contribution is 6.36. The maximum Gasteiger partial charge on any atom is 0.245 e. The molecular formula is C18H13Cl2N7O. The minimum absolute atomic E-state index is 0.261. The molecule has 0 unspecified atom stereocenters. The van der Waals surface area contributed by atoms with Gasteiger partial charge in [-0.1, -0.05) is 47.0 Å². The van der Waals surface area contributed by atoms with Crippen LogP contribution >= 0.6 is 23.2 Å². The third kappa shape index (κ3) is 4.03. The average molecular weight is 414 g/mol. The van der Waals surface area contributed by atoms with Crippen LogP contribution in [0.15, 0.2) is 52.2 Å². The van der Waals surface area contributed by atoms with Gasteiger partial charge in [0.1, 0.15) is 0 Å². The Hall–Kier alpha value is -3.23. The summed E-state index contributed by atoms with van der Waals surface area (Å²) in [6, 6.07) is 13.0. The van der Waals surface area contributed by atoms with Crippen LogP contribution in [0.3, 0.4) is 0 Å². The van der Waals surface area contributed by atoms with Crippen LogP contribution in [0.4, 0.5) is 17.3 Å². The highest BCUT2D eigenvalue weighted by Crippen LogP contribution is 2.24. The molecule has 2 aromatic heterocycles. The van der Waals surface area contributed by atoms with Crippen LogP contribution in [0, 0.1) is 6.92 Å². The molecule has 4 rings (SSSR count). The Labute approximate surface area is 169 Å². The van der Waals surface area contributed by atoms with Gasteiger partial charge in [-0.3, -0.25) is 5.43 Å². The number of aromatic nitrogens is 4. The molecule has 0 amide bonds. The molecule has 0 aliphatic rings.